The van der Waals surface area contributed by atoms with Crippen LogP contribution < -0.4 is 4.72 Å². The van der Waals surface area contributed by atoms with Crippen LogP contribution in [-0.4, -0.2) is 18.3 Å². The largest absolute Gasteiger partial charge is 0.289 e. The highest BCUT2D eigenvalue weighted by molar-refractivity contribution is 7.89. The van der Waals surface area contributed by atoms with Gasteiger partial charge in [0, 0.05) is 23.7 Å². The number of sulfonamides is 1. The number of nitrogens with one attached hydrogen (secondary N) is 1. The van der Waals surface area contributed by atoms with Gasteiger partial charge in [-0.2, -0.15) is 0 Å². The molecule has 9 heteroatoms. The second-order valence-corrected chi connectivity index (χ2v) is 7.89. The summed E-state index contributed by atoms with van der Waals surface area (Å²) in [6, 6.07) is 2.61. The van der Waals surface area contributed by atoms with E-state index in [-0.39, 0.29) is 11.4 Å². The van der Waals surface area contributed by atoms with Crippen molar-refractivity contribution < 1.29 is 13.3 Å². The summed E-state index contributed by atoms with van der Waals surface area (Å²) in [7, 11) is -3.98. The quantitative estimate of drug-likeness (QED) is 0.665. The fourth-order valence-electron chi connectivity index (χ4n) is 1.86. The molecule has 0 spiro atoms. The van der Waals surface area contributed by atoms with Crippen LogP contribution in [0.4, 0.5) is 5.69 Å². The molecule has 0 saturated carbocycles. The molecule has 1 aromatic carbocycles. The van der Waals surface area contributed by atoms with Crippen LogP contribution in [0.1, 0.15) is 21.0 Å². The predicted octanol–water partition coefficient (Wildman–Crippen LogP) is 2.46. The molecule has 2 aromatic rings. The predicted molar refractivity (Wildman–Crippen MR) is 83.4 cm³/mol. The third kappa shape index (κ3) is 3.49. The lowest BCUT2D eigenvalue weighted by Gasteiger charge is -2.09. The molecule has 22 heavy (non-hydrogen) atoms. The number of hydrogen-bond donors (Lipinski definition) is 1. The van der Waals surface area contributed by atoms with E-state index in [1.54, 1.807) is 20.0 Å². The lowest BCUT2D eigenvalue weighted by molar-refractivity contribution is -0.387. The highest BCUT2D eigenvalue weighted by Gasteiger charge is 2.26. The Morgan fingerprint density at radius 1 is 1.27 bits per heavy atom. The summed E-state index contributed by atoms with van der Waals surface area (Å²) in [5.41, 5.74) is 0.930. The number of aryl methyl sites for hydroxylation is 3. The van der Waals surface area contributed by atoms with Gasteiger partial charge in [-0.15, -0.1) is 11.3 Å². The number of benzene rings is 1. The molecule has 7 nitrogen and oxygen atoms in total. The Bertz CT molecular complexity index is 828. The van der Waals surface area contributed by atoms with Gasteiger partial charge in [-0.3, -0.25) is 10.1 Å². The van der Waals surface area contributed by atoms with Gasteiger partial charge in [-0.05, 0) is 38.0 Å². The van der Waals surface area contributed by atoms with Gasteiger partial charge in [0.05, 0.1) is 9.93 Å². The summed E-state index contributed by atoms with van der Waals surface area (Å²) in [5, 5.41) is 11.9. The fourth-order valence-corrected chi connectivity index (χ4v) is 3.93. The third-order valence-corrected chi connectivity index (χ3v) is 5.51. The maximum atomic E-state index is 12.4. The minimum absolute atomic E-state index is 0.0535. The van der Waals surface area contributed by atoms with Crippen LogP contribution in [0.3, 0.4) is 0 Å². The Kier molecular flexibility index (Phi) is 4.59. The maximum absolute atomic E-state index is 12.4. The van der Waals surface area contributed by atoms with Crippen molar-refractivity contribution in [1.82, 2.24) is 9.71 Å². The van der Waals surface area contributed by atoms with Gasteiger partial charge in [0.25, 0.3) is 5.69 Å². The number of hydrogen-bond acceptors (Lipinski definition) is 6. The molecule has 1 N–H and O–H groups in total. The zero-order chi connectivity index (χ0) is 16.5. The number of aromatic nitrogens is 1. The first-order chi connectivity index (χ1) is 10.2. The molecule has 0 bridgehead atoms. The van der Waals surface area contributed by atoms with Crippen LogP contribution >= 0.6 is 11.3 Å². The van der Waals surface area contributed by atoms with Crippen molar-refractivity contribution in [3.63, 3.8) is 0 Å². The first-order valence-corrected chi connectivity index (χ1v) is 8.67. The van der Waals surface area contributed by atoms with Gasteiger partial charge in [0.2, 0.25) is 10.0 Å². The lowest BCUT2D eigenvalue weighted by atomic mass is 10.1. The van der Waals surface area contributed by atoms with Gasteiger partial charge >= 0.3 is 0 Å². The van der Waals surface area contributed by atoms with Crippen molar-refractivity contribution in [3.8, 4) is 0 Å². The molecule has 2 rings (SSSR count). The van der Waals surface area contributed by atoms with Gasteiger partial charge < -0.3 is 0 Å². The second-order valence-electron chi connectivity index (χ2n) is 4.83. The first-order valence-electron chi connectivity index (χ1n) is 6.37. The van der Waals surface area contributed by atoms with Crippen molar-refractivity contribution in [2.24, 2.45) is 0 Å². The van der Waals surface area contributed by atoms with E-state index in [4.69, 9.17) is 0 Å². The summed E-state index contributed by atoms with van der Waals surface area (Å²) in [6.45, 7) is 5.28. The smallest absolute Gasteiger partial charge is 0.258 e. The standard InChI is InChI=1S/C13H15N3O4S2/c1-8-4-12(16(17)18)13(5-9(8)2)22(19,20)15-7-11-6-14-10(3)21-11/h4-6,15H,7H2,1-3H3. The van der Waals surface area contributed by atoms with E-state index in [0.29, 0.717) is 11.1 Å². The Hall–Kier alpha value is -1.84. The van der Waals surface area contributed by atoms with Crippen molar-refractivity contribution in [3.05, 3.63) is 49.5 Å². The topological polar surface area (TPSA) is 102 Å². The number of nitrogens with zero attached hydrogens (tertiary/aromatic N) is 2. The van der Waals surface area contributed by atoms with Gasteiger partial charge in [0.15, 0.2) is 4.90 Å². The van der Waals surface area contributed by atoms with E-state index in [1.165, 1.54) is 23.5 Å². The number of nitro groups is 1. The number of nitro benzene ring substituents is 1. The highest BCUT2D eigenvalue weighted by atomic mass is 32.2. The van der Waals surface area contributed by atoms with Crippen LogP contribution in [0.25, 0.3) is 0 Å². The Morgan fingerprint density at radius 3 is 2.45 bits per heavy atom. The van der Waals surface area contributed by atoms with Gasteiger partial charge in [-0.25, -0.2) is 18.1 Å². The van der Waals surface area contributed by atoms with Crippen LogP contribution in [0.2, 0.25) is 0 Å². The van der Waals surface area contributed by atoms with Crippen LogP contribution in [0, 0.1) is 30.9 Å². The van der Waals surface area contributed by atoms with Crippen LogP contribution in [0.5, 0.6) is 0 Å². The summed E-state index contributed by atoms with van der Waals surface area (Å²) >= 11 is 1.37. The molecular weight excluding hydrogens is 326 g/mol. The highest BCUT2D eigenvalue weighted by Crippen LogP contribution is 2.27. The van der Waals surface area contributed by atoms with E-state index in [1.807, 2.05) is 6.92 Å². The van der Waals surface area contributed by atoms with Crippen molar-refractivity contribution in [2.75, 3.05) is 0 Å². The average Bonchev–Trinajstić information content (AvgIpc) is 2.84. The molecule has 0 saturated heterocycles. The molecule has 1 heterocycles. The molecule has 0 atom stereocenters. The summed E-state index contributed by atoms with van der Waals surface area (Å²) in [4.78, 5) is 14.9. The van der Waals surface area contributed by atoms with Crippen molar-refractivity contribution >= 4 is 27.0 Å². The van der Waals surface area contributed by atoms with Crippen LogP contribution in [-0.2, 0) is 16.6 Å². The van der Waals surface area contributed by atoms with Gasteiger partial charge in [0.1, 0.15) is 0 Å². The van der Waals surface area contributed by atoms with E-state index in [2.05, 4.69) is 9.71 Å². The third-order valence-electron chi connectivity index (χ3n) is 3.17. The molecule has 0 aliphatic heterocycles. The monoisotopic (exact) mass is 341 g/mol. The maximum Gasteiger partial charge on any atom is 0.289 e. The molecule has 118 valence electrons. The molecule has 0 aliphatic carbocycles. The summed E-state index contributed by atoms with van der Waals surface area (Å²) in [6.07, 6.45) is 1.58. The van der Waals surface area contributed by atoms with E-state index < -0.39 is 20.6 Å². The normalized spacial score (nSPS) is 11.6. The average molecular weight is 341 g/mol. The summed E-state index contributed by atoms with van der Waals surface area (Å²) in [5.74, 6) is 0. The molecular formula is C13H15N3O4S2. The van der Waals surface area contributed by atoms with Gasteiger partial charge in [-0.1, -0.05) is 0 Å². The first kappa shape index (κ1) is 16.5. The Labute approximate surface area is 132 Å². The summed E-state index contributed by atoms with van der Waals surface area (Å²) < 4.78 is 27.1. The van der Waals surface area contributed by atoms with Crippen molar-refractivity contribution in [1.29, 1.82) is 0 Å². The second kappa shape index (κ2) is 6.11. The van der Waals surface area contributed by atoms with Crippen LogP contribution in [0.15, 0.2) is 23.2 Å². The molecule has 0 fully saturated rings. The Balaban J connectivity index is 2.36. The molecule has 0 unspecified atom stereocenters. The zero-order valence-electron chi connectivity index (χ0n) is 12.3. The van der Waals surface area contributed by atoms with E-state index in [0.717, 1.165) is 9.88 Å². The molecule has 0 amide bonds. The molecule has 1 aromatic heterocycles. The minimum Gasteiger partial charge on any atom is -0.258 e. The molecule has 0 aliphatic rings. The Morgan fingerprint density at radius 2 is 1.91 bits per heavy atom. The fraction of sp³-hybridized carbons (Fsp3) is 0.308. The number of rotatable bonds is 5. The zero-order valence-corrected chi connectivity index (χ0v) is 13.9. The lowest BCUT2D eigenvalue weighted by Crippen LogP contribution is -2.24. The van der Waals surface area contributed by atoms with E-state index >= 15 is 0 Å². The number of thiazole rings is 1. The van der Waals surface area contributed by atoms with E-state index in [9.17, 15) is 18.5 Å². The van der Waals surface area contributed by atoms with Crippen molar-refractivity contribution in [2.45, 2.75) is 32.2 Å². The SMILES string of the molecule is Cc1ncc(CNS(=O)(=O)c2cc(C)c(C)cc2[N+](=O)[O-])s1. The minimum atomic E-state index is -3.98. The molecule has 0 radical (unpaired) electrons.